The first-order chi connectivity index (χ1) is 15.0. The van der Waals surface area contributed by atoms with Crippen LogP contribution in [-0.4, -0.2) is 33.6 Å². The summed E-state index contributed by atoms with van der Waals surface area (Å²) < 4.78 is 13.4. The molecular formula is C24H21Cl2NO5. The molecule has 6 nitrogen and oxygen atoms in total. The maximum atomic E-state index is 13.7. The summed E-state index contributed by atoms with van der Waals surface area (Å²) in [5.41, 5.74) is 0.150. The van der Waals surface area contributed by atoms with Gasteiger partial charge in [-0.1, -0.05) is 23.2 Å². The molecule has 1 aliphatic heterocycles. The number of nitrogens with zero attached hydrogens (tertiary/aromatic N) is 1. The lowest BCUT2D eigenvalue weighted by molar-refractivity contribution is -0.111. The number of aromatic nitrogens is 1. The van der Waals surface area contributed by atoms with Crippen molar-refractivity contribution in [3.8, 4) is 11.5 Å². The largest absolute Gasteiger partial charge is 0.496 e. The average Bonchev–Trinajstić information content (AvgIpc) is 2.74. The van der Waals surface area contributed by atoms with E-state index in [0.717, 1.165) is 10.8 Å². The quantitative estimate of drug-likeness (QED) is 0.390. The molecule has 0 saturated heterocycles. The lowest BCUT2D eigenvalue weighted by atomic mass is 9.86. The molecule has 2 atom stereocenters. The van der Waals surface area contributed by atoms with Gasteiger partial charge in [-0.3, -0.25) is 4.79 Å². The van der Waals surface area contributed by atoms with Crippen molar-refractivity contribution in [2.75, 3.05) is 7.11 Å². The number of aliphatic hydroxyl groups is 2. The van der Waals surface area contributed by atoms with Crippen molar-refractivity contribution in [3.05, 3.63) is 56.2 Å². The Kier molecular flexibility index (Phi) is 4.66. The number of halogens is 2. The van der Waals surface area contributed by atoms with Crippen LogP contribution in [0.1, 0.15) is 25.5 Å². The molecule has 2 N–H and O–H groups in total. The Balaban J connectivity index is 1.99. The van der Waals surface area contributed by atoms with Gasteiger partial charge in [0.1, 0.15) is 29.3 Å². The Hall–Kier alpha value is -2.51. The molecule has 0 aliphatic carbocycles. The van der Waals surface area contributed by atoms with Gasteiger partial charge in [-0.2, -0.15) is 0 Å². The first-order valence-corrected chi connectivity index (χ1v) is 10.8. The van der Waals surface area contributed by atoms with E-state index in [1.807, 2.05) is 10.6 Å². The van der Waals surface area contributed by atoms with Gasteiger partial charge in [0.2, 0.25) is 5.43 Å². The number of pyridine rings is 1. The number of rotatable bonds is 1. The van der Waals surface area contributed by atoms with Crippen LogP contribution in [0.15, 0.2) is 35.1 Å². The van der Waals surface area contributed by atoms with Gasteiger partial charge < -0.3 is 24.3 Å². The summed E-state index contributed by atoms with van der Waals surface area (Å²) in [6.07, 6.45) is -2.44. The van der Waals surface area contributed by atoms with Crippen LogP contribution in [0.25, 0.3) is 32.6 Å². The first kappa shape index (κ1) is 21.3. The highest BCUT2D eigenvalue weighted by molar-refractivity contribution is 6.42. The lowest BCUT2D eigenvalue weighted by Crippen LogP contribution is -2.49. The van der Waals surface area contributed by atoms with Crippen molar-refractivity contribution in [3.63, 3.8) is 0 Å². The summed E-state index contributed by atoms with van der Waals surface area (Å²) in [5.74, 6) is 0.692. The van der Waals surface area contributed by atoms with Gasteiger partial charge in [0.05, 0.1) is 39.1 Å². The molecule has 166 valence electrons. The maximum absolute atomic E-state index is 13.7. The Labute approximate surface area is 193 Å². The van der Waals surface area contributed by atoms with E-state index < -0.39 is 17.8 Å². The van der Waals surface area contributed by atoms with E-state index in [-0.39, 0.29) is 5.43 Å². The Morgan fingerprint density at radius 3 is 2.31 bits per heavy atom. The number of ether oxygens (including phenoxy) is 2. The second kappa shape index (κ2) is 6.99. The highest BCUT2D eigenvalue weighted by atomic mass is 35.5. The highest BCUT2D eigenvalue weighted by Gasteiger charge is 2.44. The standard InChI is InChI=1S/C24H21Cl2NO5/c1-24(2)23(30)22(29)19-17(32-24)9-16(31-4)18-20(19)27(3)15-8-11-7-14(26)13(25)6-10(11)5-12(15)21(18)28/h5-9,22-23,29-30H,1-4H3/t22-,23-/m0/s1. The summed E-state index contributed by atoms with van der Waals surface area (Å²) in [6.45, 7) is 3.39. The second-order valence-corrected chi connectivity index (χ2v) is 9.49. The second-order valence-electron chi connectivity index (χ2n) is 8.68. The predicted molar refractivity (Wildman–Crippen MR) is 126 cm³/mol. The summed E-state index contributed by atoms with van der Waals surface area (Å²) in [6, 6.07) is 8.70. The van der Waals surface area contributed by atoms with E-state index >= 15 is 0 Å². The van der Waals surface area contributed by atoms with Gasteiger partial charge in [0.15, 0.2) is 0 Å². The average molecular weight is 474 g/mol. The molecule has 8 heteroatoms. The zero-order chi connectivity index (χ0) is 23.1. The highest BCUT2D eigenvalue weighted by Crippen LogP contribution is 2.46. The summed E-state index contributed by atoms with van der Waals surface area (Å²) in [7, 11) is 3.28. The molecule has 5 rings (SSSR count). The third kappa shape index (κ3) is 2.83. The normalized spacial score (nSPS) is 19.9. The molecule has 3 aromatic carbocycles. The van der Waals surface area contributed by atoms with Crippen LogP contribution in [0.4, 0.5) is 0 Å². The molecule has 0 radical (unpaired) electrons. The summed E-state index contributed by atoms with van der Waals surface area (Å²) in [5, 5.41) is 24.9. The van der Waals surface area contributed by atoms with Gasteiger partial charge >= 0.3 is 0 Å². The van der Waals surface area contributed by atoms with Crippen LogP contribution in [0, 0.1) is 0 Å². The van der Waals surface area contributed by atoms with Crippen molar-refractivity contribution in [1.29, 1.82) is 0 Å². The smallest absolute Gasteiger partial charge is 0.201 e. The Morgan fingerprint density at radius 2 is 1.69 bits per heavy atom. The number of fused-ring (bicyclic) bond motifs is 5. The van der Waals surface area contributed by atoms with Crippen LogP contribution in [0.2, 0.25) is 10.0 Å². The third-order valence-electron chi connectivity index (χ3n) is 6.33. The number of benzene rings is 3. The number of hydrogen-bond donors (Lipinski definition) is 2. The number of aliphatic hydroxyl groups excluding tert-OH is 2. The number of hydrogen-bond acceptors (Lipinski definition) is 5. The molecule has 2 heterocycles. The van der Waals surface area contributed by atoms with E-state index in [2.05, 4.69) is 0 Å². The van der Waals surface area contributed by atoms with Crippen LogP contribution < -0.4 is 14.9 Å². The lowest BCUT2D eigenvalue weighted by Gasteiger charge is -2.40. The van der Waals surface area contributed by atoms with E-state index in [4.69, 9.17) is 32.7 Å². The fraction of sp³-hybridized carbons (Fsp3) is 0.292. The van der Waals surface area contributed by atoms with E-state index in [1.54, 1.807) is 45.2 Å². The fourth-order valence-corrected chi connectivity index (χ4v) is 4.96. The van der Waals surface area contributed by atoms with Crippen LogP contribution in [0.5, 0.6) is 11.5 Å². The van der Waals surface area contributed by atoms with Crippen molar-refractivity contribution >= 4 is 55.8 Å². The van der Waals surface area contributed by atoms with Crippen LogP contribution in [0.3, 0.4) is 0 Å². The van der Waals surface area contributed by atoms with Crippen molar-refractivity contribution in [2.24, 2.45) is 7.05 Å². The van der Waals surface area contributed by atoms with Gasteiger partial charge in [0, 0.05) is 18.5 Å². The van der Waals surface area contributed by atoms with Crippen LogP contribution >= 0.6 is 23.2 Å². The topological polar surface area (TPSA) is 80.9 Å². The minimum absolute atomic E-state index is 0.257. The minimum Gasteiger partial charge on any atom is -0.496 e. The third-order valence-corrected chi connectivity index (χ3v) is 7.05. The maximum Gasteiger partial charge on any atom is 0.201 e. The molecule has 0 bridgehead atoms. The fourth-order valence-electron chi connectivity index (χ4n) is 4.61. The monoisotopic (exact) mass is 473 g/mol. The van der Waals surface area contributed by atoms with E-state index in [0.29, 0.717) is 48.9 Å². The number of aryl methyl sites for hydroxylation is 1. The van der Waals surface area contributed by atoms with Crippen LogP contribution in [-0.2, 0) is 7.05 Å². The predicted octanol–water partition coefficient (Wildman–Crippen LogP) is 4.73. The zero-order valence-corrected chi connectivity index (χ0v) is 19.4. The first-order valence-electron chi connectivity index (χ1n) is 10.1. The molecule has 4 aromatic rings. The van der Waals surface area contributed by atoms with Crippen molar-refractivity contribution in [1.82, 2.24) is 4.57 Å². The zero-order valence-electron chi connectivity index (χ0n) is 17.9. The SMILES string of the molecule is COc1cc2c(c3c1c(=O)c1cc4cc(Cl)c(Cl)cc4cc1n3C)[C@H](O)[C@H](O)C(C)(C)O2. The number of methoxy groups -OCH3 is 1. The van der Waals surface area contributed by atoms with Crippen molar-refractivity contribution < 1.29 is 19.7 Å². The Morgan fingerprint density at radius 1 is 1.06 bits per heavy atom. The molecule has 0 unspecified atom stereocenters. The molecule has 0 spiro atoms. The van der Waals surface area contributed by atoms with E-state index in [9.17, 15) is 15.0 Å². The molecule has 0 amide bonds. The van der Waals surface area contributed by atoms with Gasteiger partial charge in [0.25, 0.3) is 0 Å². The minimum atomic E-state index is -1.25. The Bertz CT molecular complexity index is 1510. The van der Waals surface area contributed by atoms with E-state index in [1.165, 1.54) is 7.11 Å². The molecule has 0 saturated carbocycles. The van der Waals surface area contributed by atoms with Crippen molar-refractivity contribution in [2.45, 2.75) is 31.7 Å². The molecular weight excluding hydrogens is 453 g/mol. The van der Waals surface area contributed by atoms with Gasteiger partial charge in [-0.25, -0.2) is 0 Å². The van der Waals surface area contributed by atoms with Gasteiger partial charge in [-0.15, -0.1) is 0 Å². The van der Waals surface area contributed by atoms with Gasteiger partial charge in [-0.05, 0) is 48.9 Å². The molecule has 32 heavy (non-hydrogen) atoms. The molecule has 0 fully saturated rings. The molecule has 1 aliphatic rings. The summed E-state index contributed by atoms with van der Waals surface area (Å²) >= 11 is 12.4. The summed E-state index contributed by atoms with van der Waals surface area (Å²) in [4.78, 5) is 13.7. The molecule has 1 aromatic heterocycles.